The molecule has 1 fully saturated rings. The zero-order chi connectivity index (χ0) is 19.6. The highest BCUT2D eigenvalue weighted by Gasteiger charge is 2.33. The maximum absolute atomic E-state index is 12.8. The summed E-state index contributed by atoms with van der Waals surface area (Å²) in [7, 11) is 1.68. The van der Waals surface area contributed by atoms with Gasteiger partial charge in [-0.2, -0.15) is 0 Å². The molecule has 2 aliphatic heterocycles. The van der Waals surface area contributed by atoms with Crippen molar-refractivity contribution in [1.82, 2.24) is 4.90 Å². The van der Waals surface area contributed by atoms with Crippen molar-refractivity contribution in [2.45, 2.75) is 25.2 Å². The molecule has 1 saturated heterocycles. The average molecular weight is 419 g/mol. The molecule has 0 aliphatic carbocycles. The first-order valence-corrected chi connectivity index (χ1v) is 10.8. The summed E-state index contributed by atoms with van der Waals surface area (Å²) in [6.07, 6.45) is 4.59. The first-order valence-electron chi connectivity index (χ1n) is 8.76. The van der Waals surface area contributed by atoms with Crippen molar-refractivity contribution in [2.75, 3.05) is 25.1 Å². The van der Waals surface area contributed by atoms with Gasteiger partial charge in [0.25, 0.3) is 5.91 Å². The third-order valence-electron chi connectivity index (χ3n) is 4.38. The largest absolute Gasteiger partial charge is 0.497 e. The van der Waals surface area contributed by atoms with Crippen LogP contribution in [-0.2, 0) is 4.79 Å². The second-order valence-electron chi connectivity index (χ2n) is 5.94. The molecule has 142 valence electrons. The van der Waals surface area contributed by atoms with Gasteiger partial charge in [0, 0.05) is 24.1 Å². The fraction of sp³-hybridized carbons (Fsp3) is 0.300. The summed E-state index contributed by atoms with van der Waals surface area (Å²) in [5, 5.41) is 1.12. The molecule has 0 saturated carbocycles. The van der Waals surface area contributed by atoms with E-state index in [9.17, 15) is 4.79 Å². The summed E-state index contributed by atoms with van der Waals surface area (Å²) in [5.41, 5.74) is 2.15. The lowest BCUT2D eigenvalue weighted by Gasteiger charge is -2.19. The van der Waals surface area contributed by atoms with Crippen molar-refractivity contribution in [1.29, 1.82) is 0 Å². The second kappa shape index (κ2) is 8.54. The molecule has 0 bridgehead atoms. The van der Waals surface area contributed by atoms with E-state index < -0.39 is 0 Å². The molecule has 1 aromatic carbocycles. The lowest BCUT2D eigenvalue weighted by molar-refractivity contribution is -0.121. The van der Waals surface area contributed by atoms with Crippen LogP contribution >= 0.6 is 35.7 Å². The minimum Gasteiger partial charge on any atom is -0.497 e. The number of methoxy groups -OCH3 is 1. The minimum atomic E-state index is -0.0242. The fourth-order valence-corrected chi connectivity index (χ4v) is 5.56. The Balaban J connectivity index is 1.98. The summed E-state index contributed by atoms with van der Waals surface area (Å²) in [6.45, 7) is 9.19. The predicted octanol–water partition coefficient (Wildman–Crippen LogP) is 5.18. The SMILES string of the molecule is C=CCN1C(=O)/C(=C(\C=C2/Sc3ccc(OC)cc3N2CC)CC)SC1=S. The molecule has 0 unspecified atom stereocenters. The zero-order valence-electron chi connectivity index (χ0n) is 15.7. The third-order valence-corrected chi connectivity index (χ3v) is 7.00. The number of anilines is 1. The number of hydrogen-bond donors (Lipinski definition) is 0. The van der Waals surface area contributed by atoms with Crippen LogP contribution in [-0.4, -0.2) is 35.3 Å². The van der Waals surface area contributed by atoms with Crippen LogP contribution in [0.15, 0.2) is 57.3 Å². The standard InChI is InChI=1S/C20H22N2O2S3/c1-5-10-22-19(23)18(27-20(22)25)13(6-2)11-17-21(7-3)15-12-14(24-4)8-9-16(15)26-17/h5,8-9,11-12H,1,6-7,10H2,2-4H3/b17-11-,18-13+. The molecule has 0 N–H and O–H groups in total. The predicted molar refractivity (Wildman–Crippen MR) is 119 cm³/mol. The van der Waals surface area contributed by atoms with Crippen LogP contribution in [0.5, 0.6) is 5.75 Å². The van der Waals surface area contributed by atoms with Crippen LogP contribution in [0.1, 0.15) is 20.3 Å². The fourth-order valence-electron chi connectivity index (χ4n) is 3.00. The van der Waals surface area contributed by atoms with Crippen LogP contribution in [0.3, 0.4) is 0 Å². The highest BCUT2D eigenvalue weighted by atomic mass is 32.2. The highest BCUT2D eigenvalue weighted by molar-refractivity contribution is 8.26. The van der Waals surface area contributed by atoms with E-state index in [-0.39, 0.29) is 5.91 Å². The smallest absolute Gasteiger partial charge is 0.266 e. The summed E-state index contributed by atoms with van der Waals surface area (Å²) in [6, 6.07) is 6.11. The second-order valence-corrected chi connectivity index (χ2v) is 8.65. The van der Waals surface area contributed by atoms with Crippen molar-refractivity contribution in [3.63, 3.8) is 0 Å². The van der Waals surface area contributed by atoms with Crippen LogP contribution in [0, 0.1) is 0 Å². The number of carbonyl (C=O) groups excluding carboxylic acids is 1. The van der Waals surface area contributed by atoms with Crippen molar-refractivity contribution in [2.24, 2.45) is 0 Å². The maximum Gasteiger partial charge on any atom is 0.266 e. The topological polar surface area (TPSA) is 32.8 Å². The molecule has 2 heterocycles. The van der Waals surface area contributed by atoms with E-state index in [0.29, 0.717) is 10.9 Å². The first-order chi connectivity index (χ1) is 13.0. The summed E-state index contributed by atoms with van der Waals surface area (Å²) in [5.74, 6) is 0.818. The van der Waals surface area contributed by atoms with E-state index in [1.807, 2.05) is 6.07 Å². The Hall–Kier alpha value is -1.70. The molecule has 7 heteroatoms. The Bertz CT molecular complexity index is 861. The number of nitrogens with zero attached hydrogens (tertiary/aromatic N) is 2. The third kappa shape index (κ3) is 3.81. The van der Waals surface area contributed by atoms with Crippen molar-refractivity contribution in [3.8, 4) is 5.75 Å². The molecule has 27 heavy (non-hydrogen) atoms. The molecule has 0 aromatic heterocycles. The van der Waals surface area contributed by atoms with Gasteiger partial charge in [0.2, 0.25) is 0 Å². The monoisotopic (exact) mass is 418 g/mol. The van der Waals surface area contributed by atoms with E-state index in [1.54, 1.807) is 29.8 Å². The van der Waals surface area contributed by atoms with Gasteiger partial charge in [0.15, 0.2) is 0 Å². The molecule has 1 aromatic rings. The average Bonchev–Trinajstić information content (AvgIpc) is 3.16. The number of carbonyl (C=O) groups is 1. The van der Waals surface area contributed by atoms with Crippen LogP contribution in [0.4, 0.5) is 5.69 Å². The number of rotatable bonds is 6. The van der Waals surface area contributed by atoms with Gasteiger partial charge in [-0.05, 0) is 37.1 Å². The molecule has 0 spiro atoms. The van der Waals surface area contributed by atoms with Gasteiger partial charge in [-0.15, -0.1) is 6.58 Å². The number of hydrogen-bond acceptors (Lipinski definition) is 6. The van der Waals surface area contributed by atoms with Crippen molar-refractivity contribution >= 4 is 51.7 Å². The Morgan fingerprint density at radius 3 is 2.70 bits per heavy atom. The number of ether oxygens (including phenoxy) is 1. The van der Waals surface area contributed by atoms with E-state index >= 15 is 0 Å². The normalized spacial score (nSPS) is 19.7. The van der Waals surface area contributed by atoms with E-state index in [4.69, 9.17) is 17.0 Å². The Labute approximate surface area is 174 Å². The number of fused-ring (bicyclic) bond motifs is 1. The highest BCUT2D eigenvalue weighted by Crippen LogP contribution is 2.48. The molecule has 2 aliphatic rings. The number of amides is 1. The summed E-state index contributed by atoms with van der Waals surface area (Å²) >= 11 is 8.48. The number of thioether (sulfide) groups is 2. The van der Waals surface area contributed by atoms with E-state index in [0.717, 1.165) is 39.9 Å². The van der Waals surface area contributed by atoms with Gasteiger partial charge in [-0.25, -0.2) is 0 Å². The Morgan fingerprint density at radius 2 is 2.07 bits per heavy atom. The van der Waals surface area contributed by atoms with E-state index in [2.05, 4.69) is 43.5 Å². The molecule has 4 nitrogen and oxygen atoms in total. The lowest BCUT2D eigenvalue weighted by Crippen LogP contribution is -2.28. The maximum atomic E-state index is 12.8. The van der Waals surface area contributed by atoms with Crippen molar-refractivity contribution < 1.29 is 9.53 Å². The molecule has 1 amide bonds. The van der Waals surface area contributed by atoms with Gasteiger partial charge in [0.1, 0.15) is 10.1 Å². The molecule has 3 rings (SSSR count). The minimum absolute atomic E-state index is 0.0242. The first kappa shape index (κ1) is 20.0. The van der Waals surface area contributed by atoms with Gasteiger partial charge in [-0.3, -0.25) is 9.69 Å². The van der Waals surface area contributed by atoms with E-state index in [1.165, 1.54) is 16.7 Å². The molecular weight excluding hydrogens is 396 g/mol. The van der Waals surface area contributed by atoms with Gasteiger partial charge in [-0.1, -0.05) is 48.7 Å². The molecule has 0 atom stereocenters. The Morgan fingerprint density at radius 1 is 1.30 bits per heavy atom. The van der Waals surface area contributed by atoms with Crippen LogP contribution in [0.2, 0.25) is 0 Å². The number of benzene rings is 1. The summed E-state index contributed by atoms with van der Waals surface area (Å²) in [4.78, 5) is 18.6. The summed E-state index contributed by atoms with van der Waals surface area (Å²) < 4.78 is 5.97. The van der Waals surface area contributed by atoms with Gasteiger partial charge >= 0.3 is 0 Å². The van der Waals surface area contributed by atoms with Crippen LogP contribution < -0.4 is 9.64 Å². The lowest BCUT2D eigenvalue weighted by atomic mass is 10.1. The number of allylic oxidation sites excluding steroid dienone is 2. The van der Waals surface area contributed by atoms with Crippen LogP contribution in [0.25, 0.3) is 0 Å². The van der Waals surface area contributed by atoms with Gasteiger partial charge in [0.05, 0.1) is 22.7 Å². The molecular formula is C20H22N2O2S3. The molecule has 0 radical (unpaired) electrons. The Kier molecular flexibility index (Phi) is 6.34. The number of thiocarbonyl (C=S) groups is 1. The van der Waals surface area contributed by atoms with Crippen molar-refractivity contribution in [3.05, 3.63) is 52.4 Å². The van der Waals surface area contributed by atoms with Gasteiger partial charge < -0.3 is 9.64 Å². The zero-order valence-corrected chi connectivity index (χ0v) is 18.1. The quantitative estimate of drug-likeness (QED) is 0.360.